The summed E-state index contributed by atoms with van der Waals surface area (Å²) in [6, 6.07) is 29.9. The van der Waals surface area contributed by atoms with Gasteiger partial charge in [0.05, 0.1) is 6.10 Å². The number of carbonyl (C=O) groups is 1. The van der Waals surface area contributed by atoms with E-state index < -0.39 is 0 Å². The number of ketones is 1. The van der Waals surface area contributed by atoms with Crippen LogP contribution in [0.25, 0.3) is 21.9 Å². The molecule has 0 heterocycles. The number of rotatable bonds is 5. The highest BCUT2D eigenvalue weighted by Crippen LogP contribution is 2.36. The fraction of sp³-hybridized carbons (Fsp3) is 0.179. The molecule has 1 aliphatic carbocycles. The lowest BCUT2D eigenvalue weighted by Crippen LogP contribution is -2.10. The van der Waals surface area contributed by atoms with Crippen molar-refractivity contribution in [3.63, 3.8) is 0 Å². The van der Waals surface area contributed by atoms with Crippen molar-refractivity contribution in [2.75, 3.05) is 0 Å². The monoisotopic (exact) mass is 392 g/mol. The molecule has 0 amide bonds. The van der Waals surface area contributed by atoms with E-state index in [2.05, 4.69) is 24.3 Å². The van der Waals surface area contributed by atoms with E-state index in [1.54, 1.807) is 0 Å². The standard InChI is InChI=1S/C28H24O2/c29-28(21-11-5-2-6-12-21)26-17-15-22-19-24(30-23-13-7-8-14-23)16-18-25(22)27(26)20-9-3-1-4-10-20/h1-6,9-12,15-19,23H,7-8,13-14H2. The summed E-state index contributed by atoms with van der Waals surface area (Å²) < 4.78 is 6.21. The lowest BCUT2D eigenvalue weighted by molar-refractivity contribution is 0.103. The van der Waals surface area contributed by atoms with Crippen molar-refractivity contribution in [2.45, 2.75) is 31.8 Å². The molecule has 0 atom stereocenters. The first-order valence-corrected chi connectivity index (χ1v) is 10.7. The van der Waals surface area contributed by atoms with Gasteiger partial charge in [0.15, 0.2) is 5.78 Å². The Morgan fingerprint density at radius 1 is 0.767 bits per heavy atom. The molecule has 5 rings (SSSR count). The van der Waals surface area contributed by atoms with Crippen LogP contribution in [0.2, 0.25) is 0 Å². The van der Waals surface area contributed by atoms with Gasteiger partial charge in [0, 0.05) is 16.7 Å². The smallest absolute Gasteiger partial charge is 0.193 e. The number of ether oxygens (including phenoxy) is 1. The van der Waals surface area contributed by atoms with Crippen molar-refractivity contribution in [3.05, 3.63) is 102 Å². The molecule has 148 valence electrons. The largest absolute Gasteiger partial charge is 0.490 e. The predicted molar refractivity (Wildman–Crippen MR) is 122 cm³/mol. The van der Waals surface area contributed by atoms with Gasteiger partial charge in [0.1, 0.15) is 5.75 Å². The topological polar surface area (TPSA) is 26.3 Å². The normalized spacial score (nSPS) is 14.1. The van der Waals surface area contributed by atoms with E-state index in [1.807, 2.05) is 66.7 Å². The number of carbonyl (C=O) groups excluding carboxylic acids is 1. The third-order valence-electron chi connectivity index (χ3n) is 5.94. The number of fused-ring (bicyclic) bond motifs is 1. The van der Waals surface area contributed by atoms with Crippen LogP contribution >= 0.6 is 0 Å². The zero-order valence-electron chi connectivity index (χ0n) is 16.9. The van der Waals surface area contributed by atoms with E-state index in [9.17, 15) is 4.79 Å². The van der Waals surface area contributed by atoms with Crippen LogP contribution in [0.15, 0.2) is 91.0 Å². The Morgan fingerprint density at radius 3 is 2.20 bits per heavy atom. The van der Waals surface area contributed by atoms with Crippen molar-refractivity contribution >= 4 is 16.6 Å². The Balaban J connectivity index is 1.64. The number of benzene rings is 4. The van der Waals surface area contributed by atoms with E-state index in [0.29, 0.717) is 11.7 Å². The average Bonchev–Trinajstić information content (AvgIpc) is 3.32. The molecule has 0 aromatic heterocycles. The Hall–Kier alpha value is -3.39. The van der Waals surface area contributed by atoms with Crippen LogP contribution in [-0.4, -0.2) is 11.9 Å². The molecule has 1 saturated carbocycles. The minimum atomic E-state index is 0.0441. The van der Waals surface area contributed by atoms with Crippen molar-refractivity contribution in [3.8, 4) is 16.9 Å². The van der Waals surface area contributed by atoms with Crippen LogP contribution in [-0.2, 0) is 0 Å². The van der Waals surface area contributed by atoms with Crippen LogP contribution < -0.4 is 4.74 Å². The minimum Gasteiger partial charge on any atom is -0.490 e. The summed E-state index contributed by atoms with van der Waals surface area (Å²) in [6.07, 6.45) is 5.10. The maximum Gasteiger partial charge on any atom is 0.193 e. The van der Waals surface area contributed by atoms with Gasteiger partial charge in [-0.3, -0.25) is 4.79 Å². The summed E-state index contributed by atoms with van der Waals surface area (Å²) in [7, 11) is 0. The molecule has 2 heteroatoms. The molecule has 2 nitrogen and oxygen atoms in total. The maximum absolute atomic E-state index is 13.4. The van der Waals surface area contributed by atoms with Gasteiger partial charge in [-0.15, -0.1) is 0 Å². The first kappa shape index (κ1) is 18.6. The van der Waals surface area contributed by atoms with E-state index >= 15 is 0 Å². The van der Waals surface area contributed by atoms with Crippen molar-refractivity contribution in [2.24, 2.45) is 0 Å². The molecule has 4 aromatic rings. The number of hydrogen-bond donors (Lipinski definition) is 0. The third-order valence-corrected chi connectivity index (χ3v) is 5.94. The van der Waals surface area contributed by atoms with E-state index in [-0.39, 0.29) is 5.78 Å². The quantitative estimate of drug-likeness (QED) is 0.340. The summed E-state index contributed by atoms with van der Waals surface area (Å²) in [5.41, 5.74) is 3.46. The molecule has 0 spiro atoms. The maximum atomic E-state index is 13.4. The Bertz CT molecular complexity index is 1170. The molecular formula is C28H24O2. The highest BCUT2D eigenvalue weighted by molar-refractivity contribution is 6.17. The number of hydrogen-bond acceptors (Lipinski definition) is 2. The van der Waals surface area contributed by atoms with Crippen molar-refractivity contribution in [1.82, 2.24) is 0 Å². The molecule has 4 aromatic carbocycles. The summed E-state index contributed by atoms with van der Waals surface area (Å²) in [4.78, 5) is 13.4. The fourth-order valence-corrected chi connectivity index (χ4v) is 4.43. The van der Waals surface area contributed by atoms with Gasteiger partial charge >= 0.3 is 0 Å². The lowest BCUT2D eigenvalue weighted by Gasteiger charge is -2.16. The highest BCUT2D eigenvalue weighted by atomic mass is 16.5. The van der Waals surface area contributed by atoms with E-state index in [1.165, 1.54) is 12.8 Å². The second-order valence-electron chi connectivity index (χ2n) is 7.96. The Kier molecular flexibility index (Phi) is 5.06. The van der Waals surface area contributed by atoms with Crippen LogP contribution in [0.3, 0.4) is 0 Å². The molecule has 30 heavy (non-hydrogen) atoms. The Morgan fingerprint density at radius 2 is 1.47 bits per heavy atom. The Labute approximate surface area is 177 Å². The molecule has 0 unspecified atom stereocenters. The average molecular weight is 392 g/mol. The molecule has 1 aliphatic rings. The molecule has 0 aliphatic heterocycles. The molecule has 0 bridgehead atoms. The van der Waals surface area contributed by atoms with Crippen LogP contribution in [0.1, 0.15) is 41.6 Å². The highest BCUT2D eigenvalue weighted by Gasteiger charge is 2.19. The van der Waals surface area contributed by atoms with E-state index in [0.717, 1.165) is 46.1 Å². The zero-order valence-corrected chi connectivity index (χ0v) is 16.9. The zero-order chi connectivity index (χ0) is 20.3. The van der Waals surface area contributed by atoms with Crippen LogP contribution in [0.4, 0.5) is 0 Å². The summed E-state index contributed by atoms with van der Waals surface area (Å²) in [6.45, 7) is 0. The second kappa shape index (κ2) is 8.16. The molecule has 0 saturated heterocycles. The van der Waals surface area contributed by atoms with Gasteiger partial charge in [-0.2, -0.15) is 0 Å². The van der Waals surface area contributed by atoms with Crippen LogP contribution in [0, 0.1) is 0 Å². The first-order chi connectivity index (χ1) is 14.8. The summed E-state index contributed by atoms with van der Waals surface area (Å²) in [5, 5.41) is 2.16. The fourth-order valence-electron chi connectivity index (χ4n) is 4.43. The summed E-state index contributed by atoms with van der Waals surface area (Å²) >= 11 is 0. The SMILES string of the molecule is O=C(c1ccccc1)c1ccc2cc(OC3CCCC3)ccc2c1-c1ccccc1. The van der Waals surface area contributed by atoms with Crippen molar-refractivity contribution in [1.29, 1.82) is 0 Å². The molecule has 0 N–H and O–H groups in total. The van der Waals surface area contributed by atoms with Crippen LogP contribution in [0.5, 0.6) is 5.75 Å². The van der Waals surface area contributed by atoms with Gasteiger partial charge in [0.2, 0.25) is 0 Å². The molecule has 1 fully saturated rings. The van der Waals surface area contributed by atoms with E-state index in [4.69, 9.17) is 4.74 Å². The van der Waals surface area contributed by atoms with Crippen molar-refractivity contribution < 1.29 is 9.53 Å². The predicted octanol–water partition coefficient (Wildman–Crippen LogP) is 7.06. The third kappa shape index (κ3) is 3.61. The van der Waals surface area contributed by atoms with Gasteiger partial charge in [0.25, 0.3) is 0 Å². The second-order valence-corrected chi connectivity index (χ2v) is 7.96. The van der Waals surface area contributed by atoms with Gasteiger partial charge < -0.3 is 4.74 Å². The van der Waals surface area contributed by atoms with Gasteiger partial charge in [-0.25, -0.2) is 0 Å². The van der Waals surface area contributed by atoms with Gasteiger partial charge in [-0.1, -0.05) is 72.8 Å². The minimum absolute atomic E-state index is 0.0441. The lowest BCUT2D eigenvalue weighted by atomic mass is 9.89. The molecular weight excluding hydrogens is 368 g/mol. The van der Waals surface area contributed by atoms with Gasteiger partial charge in [-0.05, 0) is 60.2 Å². The first-order valence-electron chi connectivity index (χ1n) is 10.7. The summed E-state index contributed by atoms with van der Waals surface area (Å²) in [5.74, 6) is 0.957. The molecule has 0 radical (unpaired) electrons.